The van der Waals surface area contributed by atoms with Crippen molar-refractivity contribution >= 4 is 23.4 Å². The van der Waals surface area contributed by atoms with Gasteiger partial charge in [-0.25, -0.2) is 0 Å². The molecule has 1 N–H and O–H groups in total. The lowest BCUT2D eigenvalue weighted by atomic mass is 9.82. The molecule has 2 amide bonds. The van der Waals surface area contributed by atoms with E-state index in [1.807, 2.05) is 53.4 Å². The van der Waals surface area contributed by atoms with Crippen molar-refractivity contribution in [2.24, 2.45) is 0 Å². The van der Waals surface area contributed by atoms with Gasteiger partial charge in [0.25, 0.3) is 5.91 Å². The topological polar surface area (TPSA) is 73.3 Å². The van der Waals surface area contributed by atoms with Gasteiger partial charge in [-0.05, 0) is 35.7 Å². The molecule has 2 aromatic carbocycles. The van der Waals surface area contributed by atoms with Crippen molar-refractivity contribution < 1.29 is 19.4 Å². The Balaban J connectivity index is 1.38. The number of imide groups is 1. The fourth-order valence-corrected chi connectivity index (χ4v) is 5.42. The molecule has 2 aromatic rings. The van der Waals surface area contributed by atoms with E-state index in [0.717, 1.165) is 16.9 Å². The molecule has 2 atom stereocenters. The number of aliphatic hydroxyl groups excluding tert-OH is 1. The van der Waals surface area contributed by atoms with Gasteiger partial charge in [0.15, 0.2) is 0 Å². The molecular formula is C24H26ClN3O4. The van der Waals surface area contributed by atoms with Crippen molar-refractivity contribution in [1.29, 1.82) is 0 Å². The normalized spacial score (nSPS) is 25.2. The van der Waals surface area contributed by atoms with Crippen LogP contribution in [0, 0.1) is 0 Å². The summed E-state index contributed by atoms with van der Waals surface area (Å²) in [6.45, 7) is 2.22. The summed E-state index contributed by atoms with van der Waals surface area (Å²) in [5.74, 6) is 0.317. The smallest absolute Gasteiger partial charge is 0.252 e. The second kappa shape index (κ2) is 8.15. The summed E-state index contributed by atoms with van der Waals surface area (Å²) in [6, 6.07) is 14.6. The first-order valence-corrected chi connectivity index (χ1v) is 11.2. The standard InChI is InChI=1S/C24H26ClN3O4/c1-32-19-8-6-16(7-9-19)11-27-22(30)21-10-18(29)13-28(21)24(23(27)31)14-26(15-24)12-17-4-2-3-5-20(17)25/h2-9,18,21,29H,10-15H2,1H3/t18-,21+/m1/s1. The Morgan fingerprint density at radius 1 is 1.09 bits per heavy atom. The number of amides is 2. The van der Waals surface area contributed by atoms with Crippen molar-refractivity contribution in [1.82, 2.24) is 14.7 Å². The molecule has 3 saturated heterocycles. The average molecular weight is 456 g/mol. The highest BCUT2D eigenvalue weighted by Crippen LogP contribution is 2.41. The molecule has 3 aliphatic heterocycles. The highest BCUT2D eigenvalue weighted by atomic mass is 35.5. The number of rotatable bonds is 5. The van der Waals surface area contributed by atoms with Crippen LogP contribution in [0.1, 0.15) is 17.5 Å². The number of hydrogen-bond acceptors (Lipinski definition) is 6. The molecule has 0 unspecified atom stereocenters. The first-order chi connectivity index (χ1) is 15.4. The predicted octanol–water partition coefficient (Wildman–Crippen LogP) is 1.91. The molecular weight excluding hydrogens is 430 g/mol. The number of fused-ring (bicyclic) bond motifs is 2. The largest absolute Gasteiger partial charge is 0.497 e. The molecule has 0 radical (unpaired) electrons. The highest BCUT2D eigenvalue weighted by Gasteiger charge is 2.64. The zero-order valence-corrected chi connectivity index (χ0v) is 18.7. The lowest BCUT2D eigenvalue weighted by Crippen LogP contribution is -2.81. The van der Waals surface area contributed by atoms with Gasteiger partial charge in [0.05, 0.1) is 25.8 Å². The number of likely N-dealkylation sites (tertiary alicyclic amines) is 1. The summed E-state index contributed by atoms with van der Waals surface area (Å²) >= 11 is 6.32. The molecule has 5 rings (SSSR count). The van der Waals surface area contributed by atoms with E-state index in [9.17, 15) is 14.7 Å². The Hall–Kier alpha value is -2.45. The van der Waals surface area contributed by atoms with Gasteiger partial charge in [0.2, 0.25) is 5.91 Å². The lowest BCUT2D eigenvalue weighted by Gasteiger charge is -2.58. The third-order valence-electron chi connectivity index (χ3n) is 6.85. The summed E-state index contributed by atoms with van der Waals surface area (Å²) in [4.78, 5) is 32.4. The maximum absolute atomic E-state index is 13.7. The van der Waals surface area contributed by atoms with Crippen LogP contribution >= 0.6 is 11.6 Å². The van der Waals surface area contributed by atoms with Crippen LogP contribution in [0.25, 0.3) is 0 Å². The van der Waals surface area contributed by atoms with Crippen LogP contribution in [-0.2, 0) is 22.7 Å². The fourth-order valence-electron chi connectivity index (χ4n) is 5.23. The number of benzene rings is 2. The van der Waals surface area contributed by atoms with Crippen molar-refractivity contribution in [3.05, 3.63) is 64.7 Å². The van der Waals surface area contributed by atoms with Gasteiger partial charge in [-0.3, -0.25) is 24.3 Å². The number of methoxy groups -OCH3 is 1. The summed E-state index contributed by atoms with van der Waals surface area (Å²) in [5, 5.41) is 11.0. The van der Waals surface area contributed by atoms with Crippen LogP contribution in [-0.4, -0.2) is 76.0 Å². The van der Waals surface area contributed by atoms with Gasteiger partial charge in [0, 0.05) is 31.2 Å². The van der Waals surface area contributed by atoms with Crippen LogP contribution in [0.15, 0.2) is 48.5 Å². The number of piperazine rings is 1. The molecule has 0 aliphatic carbocycles. The third kappa shape index (κ3) is 3.49. The van der Waals surface area contributed by atoms with Crippen molar-refractivity contribution in [2.75, 3.05) is 26.7 Å². The van der Waals surface area contributed by atoms with Gasteiger partial charge in [-0.1, -0.05) is 41.9 Å². The van der Waals surface area contributed by atoms with Crippen LogP contribution in [0.5, 0.6) is 5.75 Å². The van der Waals surface area contributed by atoms with Crippen LogP contribution in [0.4, 0.5) is 0 Å². The predicted molar refractivity (Wildman–Crippen MR) is 119 cm³/mol. The molecule has 8 heteroatoms. The number of ether oxygens (including phenoxy) is 1. The zero-order chi connectivity index (χ0) is 22.5. The van der Waals surface area contributed by atoms with E-state index >= 15 is 0 Å². The first kappa shape index (κ1) is 21.4. The first-order valence-electron chi connectivity index (χ1n) is 10.8. The SMILES string of the molecule is COc1ccc(CN2C(=O)[C@@H]3C[C@@H](O)CN3C3(CN(Cc4ccccc4Cl)C3)C2=O)cc1. The number of hydrogen-bond donors (Lipinski definition) is 1. The van der Waals surface area contributed by atoms with Crippen LogP contribution in [0.3, 0.4) is 0 Å². The molecule has 168 valence electrons. The monoisotopic (exact) mass is 455 g/mol. The second-order valence-corrected chi connectivity index (χ2v) is 9.31. The summed E-state index contributed by atoms with van der Waals surface area (Å²) in [5.41, 5.74) is 1.09. The zero-order valence-electron chi connectivity index (χ0n) is 17.9. The minimum atomic E-state index is -0.788. The van der Waals surface area contributed by atoms with Crippen LogP contribution < -0.4 is 4.74 Å². The van der Waals surface area contributed by atoms with E-state index in [-0.39, 0.29) is 18.4 Å². The number of halogens is 1. The highest BCUT2D eigenvalue weighted by molar-refractivity contribution is 6.31. The van der Waals surface area contributed by atoms with Gasteiger partial charge < -0.3 is 9.84 Å². The molecule has 3 fully saturated rings. The molecule has 0 bridgehead atoms. The number of nitrogens with zero attached hydrogens (tertiary/aromatic N) is 3. The number of β-amino-alcohol motifs (C(OH)–C–C–N with tert-alkyl or cyclic N) is 1. The molecule has 7 nitrogen and oxygen atoms in total. The molecule has 3 aliphatic rings. The van der Waals surface area contributed by atoms with E-state index in [2.05, 4.69) is 4.90 Å². The quantitative estimate of drug-likeness (QED) is 0.694. The van der Waals surface area contributed by atoms with Gasteiger partial charge in [-0.15, -0.1) is 0 Å². The third-order valence-corrected chi connectivity index (χ3v) is 7.21. The van der Waals surface area contributed by atoms with E-state index in [1.165, 1.54) is 4.90 Å². The van der Waals surface area contributed by atoms with E-state index < -0.39 is 17.7 Å². The minimum absolute atomic E-state index is 0.181. The summed E-state index contributed by atoms with van der Waals surface area (Å²) < 4.78 is 5.20. The van der Waals surface area contributed by atoms with Crippen molar-refractivity contribution in [3.8, 4) is 5.75 Å². The minimum Gasteiger partial charge on any atom is -0.497 e. The Labute approximate surface area is 192 Å². The Morgan fingerprint density at radius 2 is 1.81 bits per heavy atom. The molecule has 3 heterocycles. The number of aliphatic hydroxyl groups is 1. The van der Waals surface area contributed by atoms with Crippen molar-refractivity contribution in [3.63, 3.8) is 0 Å². The maximum atomic E-state index is 13.7. The Kier molecular flexibility index (Phi) is 5.45. The lowest BCUT2D eigenvalue weighted by molar-refractivity contribution is -0.181. The van der Waals surface area contributed by atoms with Gasteiger partial charge in [-0.2, -0.15) is 0 Å². The van der Waals surface area contributed by atoms with E-state index in [0.29, 0.717) is 37.6 Å². The van der Waals surface area contributed by atoms with E-state index in [4.69, 9.17) is 16.3 Å². The average Bonchev–Trinajstić information content (AvgIpc) is 3.16. The van der Waals surface area contributed by atoms with Crippen LogP contribution in [0.2, 0.25) is 5.02 Å². The van der Waals surface area contributed by atoms with Gasteiger partial charge in [0.1, 0.15) is 11.3 Å². The van der Waals surface area contributed by atoms with Gasteiger partial charge >= 0.3 is 0 Å². The maximum Gasteiger partial charge on any atom is 0.252 e. The van der Waals surface area contributed by atoms with Crippen molar-refractivity contribution in [2.45, 2.75) is 37.2 Å². The fraction of sp³-hybridized carbons (Fsp3) is 0.417. The molecule has 0 aromatic heterocycles. The second-order valence-electron chi connectivity index (χ2n) is 8.90. The molecule has 32 heavy (non-hydrogen) atoms. The summed E-state index contributed by atoms with van der Waals surface area (Å²) in [6.07, 6.45) is -0.246. The number of carbonyl (C=O) groups excluding carboxylic acids is 2. The summed E-state index contributed by atoms with van der Waals surface area (Å²) in [7, 11) is 1.60. The Morgan fingerprint density at radius 3 is 2.50 bits per heavy atom. The van der Waals surface area contributed by atoms with E-state index in [1.54, 1.807) is 7.11 Å². The number of carbonyl (C=O) groups is 2. The molecule has 0 saturated carbocycles. The Bertz CT molecular complexity index is 1040. The molecule has 1 spiro atoms.